The molecule has 2 fully saturated rings. The van der Waals surface area contributed by atoms with Crippen LogP contribution in [-0.4, -0.2) is 51.2 Å². The van der Waals surface area contributed by atoms with E-state index in [-0.39, 0.29) is 18.4 Å². The maximum absolute atomic E-state index is 12.8. The normalized spacial score (nSPS) is 23.6. The van der Waals surface area contributed by atoms with E-state index in [4.69, 9.17) is 0 Å². The molecule has 1 aliphatic heterocycles. The summed E-state index contributed by atoms with van der Waals surface area (Å²) in [4.78, 5) is 38.5. The van der Waals surface area contributed by atoms with Crippen molar-refractivity contribution in [2.45, 2.75) is 44.6 Å². The van der Waals surface area contributed by atoms with Crippen LogP contribution in [0.2, 0.25) is 0 Å². The second kappa shape index (κ2) is 8.30. The molecule has 1 spiro atoms. The number of hydrogen-bond acceptors (Lipinski definition) is 4. The molecule has 2 aliphatic rings. The zero-order chi connectivity index (χ0) is 21.1. The Hall–Kier alpha value is -3.16. The third kappa shape index (κ3) is 4.08. The summed E-state index contributed by atoms with van der Waals surface area (Å²) in [5, 5.41) is 9.85. The van der Waals surface area contributed by atoms with E-state index in [1.165, 1.54) is 0 Å². The van der Waals surface area contributed by atoms with Gasteiger partial charge >= 0.3 is 6.03 Å². The monoisotopic (exact) mass is 409 g/mol. The Balaban J connectivity index is 1.26. The zero-order valence-corrected chi connectivity index (χ0v) is 17.1. The second-order valence-electron chi connectivity index (χ2n) is 8.30. The fourth-order valence-corrected chi connectivity index (χ4v) is 4.20. The first-order chi connectivity index (χ1) is 14.5. The molecular formula is C22H27N5O3. The molecule has 8 heteroatoms. The third-order valence-corrected chi connectivity index (χ3v) is 6.12. The molecule has 158 valence electrons. The molecule has 1 aliphatic carbocycles. The van der Waals surface area contributed by atoms with Gasteiger partial charge in [0, 0.05) is 18.9 Å². The molecule has 1 aromatic heterocycles. The van der Waals surface area contributed by atoms with Crippen LogP contribution in [0.25, 0.3) is 5.69 Å². The second-order valence-corrected chi connectivity index (χ2v) is 8.30. The van der Waals surface area contributed by atoms with Gasteiger partial charge in [-0.05, 0) is 61.8 Å². The van der Waals surface area contributed by atoms with E-state index < -0.39 is 11.6 Å². The summed E-state index contributed by atoms with van der Waals surface area (Å²) in [5.41, 5.74) is 1.24. The Morgan fingerprint density at radius 1 is 1.23 bits per heavy atom. The van der Waals surface area contributed by atoms with Gasteiger partial charge in [0.1, 0.15) is 12.1 Å². The highest BCUT2D eigenvalue weighted by atomic mass is 16.2. The van der Waals surface area contributed by atoms with E-state index in [0.717, 1.165) is 29.0 Å². The van der Waals surface area contributed by atoms with Crippen LogP contribution in [-0.2, 0) is 16.0 Å². The SMILES string of the molecule is CC1CCC2(CC1)NC(=O)N(CC(=O)NCCc1ccc(-n3cccn3)cc1)C2=O. The Morgan fingerprint density at radius 3 is 2.63 bits per heavy atom. The average Bonchev–Trinajstić information content (AvgIpc) is 3.35. The molecule has 4 rings (SSSR count). The lowest BCUT2D eigenvalue weighted by Crippen LogP contribution is -2.50. The van der Waals surface area contributed by atoms with Gasteiger partial charge in [0.15, 0.2) is 0 Å². The molecule has 4 amide bonds. The van der Waals surface area contributed by atoms with E-state index in [1.807, 2.05) is 36.5 Å². The van der Waals surface area contributed by atoms with Crippen molar-refractivity contribution in [1.82, 2.24) is 25.3 Å². The first-order valence-electron chi connectivity index (χ1n) is 10.5. The molecule has 1 saturated heterocycles. The maximum Gasteiger partial charge on any atom is 0.325 e. The number of amides is 4. The summed E-state index contributed by atoms with van der Waals surface area (Å²) >= 11 is 0. The van der Waals surface area contributed by atoms with E-state index in [9.17, 15) is 14.4 Å². The summed E-state index contributed by atoms with van der Waals surface area (Å²) < 4.78 is 1.78. The minimum Gasteiger partial charge on any atom is -0.354 e. The highest BCUT2D eigenvalue weighted by Crippen LogP contribution is 2.36. The van der Waals surface area contributed by atoms with Crippen molar-refractivity contribution in [3.8, 4) is 5.69 Å². The first kappa shape index (κ1) is 20.1. The van der Waals surface area contributed by atoms with E-state index in [0.29, 0.717) is 31.7 Å². The van der Waals surface area contributed by atoms with Crippen molar-refractivity contribution in [1.29, 1.82) is 0 Å². The highest BCUT2D eigenvalue weighted by Gasteiger charge is 2.52. The molecule has 1 aromatic carbocycles. The van der Waals surface area contributed by atoms with Crippen molar-refractivity contribution < 1.29 is 14.4 Å². The average molecular weight is 409 g/mol. The summed E-state index contributed by atoms with van der Waals surface area (Å²) in [7, 11) is 0. The molecule has 2 heterocycles. The fraction of sp³-hybridized carbons (Fsp3) is 0.455. The molecular weight excluding hydrogens is 382 g/mol. The third-order valence-electron chi connectivity index (χ3n) is 6.12. The summed E-state index contributed by atoms with van der Waals surface area (Å²) in [6.45, 7) is 2.36. The first-order valence-corrected chi connectivity index (χ1v) is 10.5. The van der Waals surface area contributed by atoms with Gasteiger partial charge in [-0.25, -0.2) is 9.48 Å². The summed E-state index contributed by atoms with van der Waals surface area (Å²) in [5.74, 6) is -0.0251. The van der Waals surface area contributed by atoms with Crippen LogP contribution < -0.4 is 10.6 Å². The lowest BCUT2D eigenvalue weighted by Gasteiger charge is -2.33. The van der Waals surface area contributed by atoms with Gasteiger partial charge in [-0.15, -0.1) is 0 Å². The predicted molar refractivity (Wildman–Crippen MR) is 111 cm³/mol. The van der Waals surface area contributed by atoms with Gasteiger partial charge in [0.2, 0.25) is 5.91 Å². The molecule has 0 radical (unpaired) electrons. The molecule has 1 saturated carbocycles. The molecule has 8 nitrogen and oxygen atoms in total. The number of carbonyl (C=O) groups is 3. The van der Waals surface area contributed by atoms with Crippen molar-refractivity contribution >= 4 is 17.8 Å². The summed E-state index contributed by atoms with van der Waals surface area (Å²) in [6, 6.07) is 9.34. The molecule has 0 unspecified atom stereocenters. The van der Waals surface area contributed by atoms with Gasteiger partial charge in [0.05, 0.1) is 5.69 Å². The number of nitrogens with one attached hydrogen (secondary N) is 2. The van der Waals surface area contributed by atoms with Crippen LogP contribution in [0, 0.1) is 5.92 Å². The van der Waals surface area contributed by atoms with Crippen LogP contribution in [0.3, 0.4) is 0 Å². The number of hydrogen-bond donors (Lipinski definition) is 2. The van der Waals surface area contributed by atoms with Crippen molar-refractivity contribution in [3.05, 3.63) is 48.3 Å². The molecule has 2 N–H and O–H groups in total. The Bertz CT molecular complexity index is 915. The topological polar surface area (TPSA) is 96.3 Å². The van der Waals surface area contributed by atoms with Crippen LogP contribution in [0.4, 0.5) is 4.79 Å². The quantitative estimate of drug-likeness (QED) is 0.714. The van der Waals surface area contributed by atoms with Crippen molar-refractivity contribution in [3.63, 3.8) is 0 Å². The Labute approximate surface area is 175 Å². The number of imide groups is 1. The number of benzene rings is 1. The van der Waals surface area contributed by atoms with E-state index in [1.54, 1.807) is 10.9 Å². The van der Waals surface area contributed by atoms with Crippen molar-refractivity contribution in [2.24, 2.45) is 5.92 Å². The lowest BCUT2D eigenvalue weighted by atomic mass is 9.77. The number of urea groups is 1. The number of carbonyl (C=O) groups excluding carboxylic acids is 3. The van der Waals surface area contributed by atoms with Gasteiger partial charge < -0.3 is 10.6 Å². The van der Waals surface area contributed by atoms with Crippen LogP contribution in [0.15, 0.2) is 42.7 Å². The van der Waals surface area contributed by atoms with Crippen molar-refractivity contribution in [2.75, 3.05) is 13.1 Å². The smallest absolute Gasteiger partial charge is 0.325 e. The van der Waals surface area contributed by atoms with Gasteiger partial charge in [0.25, 0.3) is 5.91 Å². The fourth-order valence-electron chi connectivity index (χ4n) is 4.20. The zero-order valence-electron chi connectivity index (χ0n) is 17.1. The molecule has 0 atom stereocenters. The minimum atomic E-state index is -0.805. The largest absolute Gasteiger partial charge is 0.354 e. The summed E-state index contributed by atoms with van der Waals surface area (Å²) in [6.07, 6.45) is 7.37. The minimum absolute atomic E-state index is 0.236. The van der Waals surface area contributed by atoms with E-state index in [2.05, 4.69) is 22.7 Å². The Morgan fingerprint density at radius 2 is 1.97 bits per heavy atom. The highest BCUT2D eigenvalue weighted by molar-refractivity contribution is 6.09. The van der Waals surface area contributed by atoms with Gasteiger partial charge in [-0.1, -0.05) is 19.1 Å². The van der Waals surface area contributed by atoms with Crippen LogP contribution in [0.1, 0.15) is 38.2 Å². The number of aromatic nitrogens is 2. The van der Waals surface area contributed by atoms with Crippen LogP contribution >= 0.6 is 0 Å². The molecule has 2 aromatic rings. The number of rotatable bonds is 6. The van der Waals surface area contributed by atoms with Gasteiger partial charge in [-0.2, -0.15) is 5.10 Å². The molecule has 0 bridgehead atoms. The predicted octanol–water partition coefficient (Wildman–Crippen LogP) is 2.03. The lowest BCUT2D eigenvalue weighted by molar-refractivity contribution is -0.136. The molecule has 30 heavy (non-hydrogen) atoms. The van der Waals surface area contributed by atoms with Crippen LogP contribution in [0.5, 0.6) is 0 Å². The van der Waals surface area contributed by atoms with E-state index >= 15 is 0 Å². The number of nitrogens with zero attached hydrogens (tertiary/aromatic N) is 3. The maximum atomic E-state index is 12.8. The standard InChI is InChI=1S/C22H27N5O3/c1-16-7-10-22(11-8-16)20(29)26(21(30)25-22)15-19(28)23-13-9-17-3-5-18(6-4-17)27-14-2-12-24-27/h2-6,12,14,16H,7-11,13,15H2,1H3,(H,23,28)(H,25,30). The van der Waals surface area contributed by atoms with Gasteiger partial charge in [-0.3, -0.25) is 14.5 Å². The Kier molecular flexibility index (Phi) is 5.57.